The minimum atomic E-state index is -0.849. The molecule has 0 fully saturated rings. The van der Waals surface area contributed by atoms with Gasteiger partial charge >= 0.3 is 0 Å². The van der Waals surface area contributed by atoms with Crippen LogP contribution < -0.4 is 14.8 Å². The summed E-state index contributed by atoms with van der Waals surface area (Å²) in [5.74, 6) is 0.908. The maximum absolute atomic E-state index is 9.91. The van der Waals surface area contributed by atoms with E-state index in [1.165, 1.54) is 0 Å². The lowest BCUT2D eigenvalue weighted by Gasteiger charge is -2.15. The van der Waals surface area contributed by atoms with E-state index >= 15 is 0 Å². The van der Waals surface area contributed by atoms with Crippen LogP contribution in [0.25, 0.3) is 0 Å². The molecule has 0 bridgehead atoms. The van der Waals surface area contributed by atoms with Gasteiger partial charge in [0.15, 0.2) is 11.5 Å². The van der Waals surface area contributed by atoms with Crippen LogP contribution in [0, 0.1) is 0 Å². The van der Waals surface area contributed by atoms with Gasteiger partial charge in [0.2, 0.25) is 6.79 Å². The number of rotatable bonds is 3. The van der Waals surface area contributed by atoms with Gasteiger partial charge in [-0.25, -0.2) is 0 Å². The molecule has 1 unspecified atom stereocenters. The second-order valence-electron chi connectivity index (χ2n) is 3.43. The van der Waals surface area contributed by atoms with Crippen LogP contribution in [0.3, 0.4) is 0 Å². The van der Waals surface area contributed by atoms with E-state index in [2.05, 4.69) is 21.2 Å². The highest BCUT2D eigenvalue weighted by Gasteiger charge is 2.27. The Morgan fingerprint density at radius 2 is 2.31 bits per heavy atom. The molecule has 0 saturated heterocycles. The summed E-state index contributed by atoms with van der Waals surface area (Å²) < 4.78 is 10.9. The number of phenolic OH excluding ortho intramolecular Hbond substituents is 1. The van der Waals surface area contributed by atoms with Crippen LogP contribution in [-0.2, 0) is 0 Å². The van der Waals surface area contributed by atoms with E-state index in [9.17, 15) is 10.2 Å². The van der Waals surface area contributed by atoms with Crippen molar-refractivity contribution in [1.82, 2.24) is 5.32 Å². The Morgan fingerprint density at radius 1 is 1.56 bits per heavy atom. The van der Waals surface area contributed by atoms with Gasteiger partial charge in [0.1, 0.15) is 5.75 Å². The van der Waals surface area contributed by atoms with E-state index in [1.807, 2.05) is 0 Å². The Kier molecular flexibility index (Phi) is 3.22. The van der Waals surface area contributed by atoms with Crippen molar-refractivity contribution in [2.75, 3.05) is 20.4 Å². The predicted octanol–water partition coefficient (Wildman–Crippen LogP) is 1.14. The van der Waals surface area contributed by atoms with Crippen LogP contribution in [0.15, 0.2) is 10.5 Å². The minimum Gasteiger partial charge on any atom is -0.506 e. The zero-order chi connectivity index (χ0) is 11.7. The predicted molar refractivity (Wildman–Crippen MR) is 60.8 cm³/mol. The topological polar surface area (TPSA) is 71.0 Å². The molecule has 0 saturated carbocycles. The summed E-state index contributed by atoms with van der Waals surface area (Å²) in [5.41, 5.74) is 0.344. The van der Waals surface area contributed by atoms with Gasteiger partial charge in [0.05, 0.1) is 16.1 Å². The highest BCUT2D eigenvalue weighted by atomic mass is 79.9. The minimum absolute atomic E-state index is 0.0213. The molecule has 1 atom stereocenters. The van der Waals surface area contributed by atoms with E-state index in [-0.39, 0.29) is 12.5 Å². The number of aliphatic hydroxyl groups excluding tert-OH is 1. The second kappa shape index (κ2) is 4.48. The Labute approximate surface area is 101 Å². The molecule has 1 aromatic carbocycles. The van der Waals surface area contributed by atoms with Gasteiger partial charge in [0.25, 0.3) is 0 Å². The maximum Gasteiger partial charge on any atom is 0.231 e. The fourth-order valence-corrected chi connectivity index (χ4v) is 2.05. The number of halogens is 1. The average molecular weight is 290 g/mol. The standard InChI is InChI=1S/C10H12BrNO4/c1-12-3-6(13)8-9(14)5(11)2-7-10(8)16-4-15-7/h2,6,12-14H,3-4H2,1H3. The van der Waals surface area contributed by atoms with Gasteiger partial charge in [-0.2, -0.15) is 0 Å². The number of nitrogens with one attached hydrogen (secondary N) is 1. The molecule has 0 aromatic heterocycles. The van der Waals surface area contributed by atoms with E-state index in [1.54, 1.807) is 13.1 Å². The quantitative estimate of drug-likeness (QED) is 0.778. The molecule has 0 spiro atoms. The molecule has 5 nitrogen and oxygen atoms in total. The third kappa shape index (κ3) is 1.83. The summed E-state index contributed by atoms with van der Waals surface area (Å²) in [6, 6.07) is 1.62. The van der Waals surface area contributed by atoms with E-state index in [0.717, 1.165) is 0 Å². The first-order chi connectivity index (χ1) is 7.65. The van der Waals surface area contributed by atoms with Crippen molar-refractivity contribution in [3.8, 4) is 17.2 Å². The number of fused-ring (bicyclic) bond motifs is 1. The number of likely N-dealkylation sites (N-methyl/N-ethyl adjacent to an activating group) is 1. The third-order valence-electron chi connectivity index (χ3n) is 2.36. The summed E-state index contributed by atoms with van der Waals surface area (Å²) in [4.78, 5) is 0. The zero-order valence-corrected chi connectivity index (χ0v) is 10.2. The van der Waals surface area contributed by atoms with Crippen LogP contribution in [0.4, 0.5) is 0 Å². The summed E-state index contributed by atoms with van der Waals surface area (Å²) >= 11 is 3.20. The number of ether oxygens (including phenoxy) is 2. The summed E-state index contributed by atoms with van der Waals surface area (Å²) in [7, 11) is 1.72. The fourth-order valence-electron chi connectivity index (χ4n) is 1.63. The van der Waals surface area contributed by atoms with Crippen LogP contribution in [-0.4, -0.2) is 30.6 Å². The summed E-state index contributed by atoms with van der Waals surface area (Å²) in [6.45, 7) is 0.421. The lowest BCUT2D eigenvalue weighted by atomic mass is 10.1. The van der Waals surface area contributed by atoms with Crippen molar-refractivity contribution in [2.24, 2.45) is 0 Å². The van der Waals surface area contributed by atoms with Gasteiger partial charge in [-0.1, -0.05) is 0 Å². The third-order valence-corrected chi connectivity index (χ3v) is 2.96. The number of hydrogen-bond donors (Lipinski definition) is 3. The van der Waals surface area contributed by atoms with Gasteiger partial charge in [-0.15, -0.1) is 0 Å². The molecule has 0 aliphatic carbocycles. The highest BCUT2D eigenvalue weighted by Crippen LogP contribution is 2.47. The van der Waals surface area contributed by atoms with Crippen LogP contribution in [0.5, 0.6) is 17.2 Å². The SMILES string of the molecule is CNCC(O)c1c(O)c(Br)cc2c1OCO2. The molecule has 1 aliphatic rings. The van der Waals surface area contributed by atoms with E-state index < -0.39 is 6.10 Å². The Bertz CT molecular complexity index is 410. The summed E-state index contributed by atoms with van der Waals surface area (Å²) in [6.07, 6.45) is -0.849. The molecule has 1 aromatic rings. The van der Waals surface area contributed by atoms with Crippen molar-refractivity contribution >= 4 is 15.9 Å². The maximum atomic E-state index is 9.91. The van der Waals surface area contributed by atoms with E-state index in [0.29, 0.717) is 28.1 Å². The molecule has 0 amide bonds. The van der Waals surface area contributed by atoms with Crippen molar-refractivity contribution in [3.63, 3.8) is 0 Å². The highest BCUT2D eigenvalue weighted by molar-refractivity contribution is 9.10. The number of aliphatic hydroxyl groups is 1. The molecule has 1 heterocycles. The van der Waals surface area contributed by atoms with Gasteiger partial charge in [-0.05, 0) is 23.0 Å². The van der Waals surface area contributed by atoms with Gasteiger partial charge in [-0.3, -0.25) is 0 Å². The molecule has 0 radical (unpaired) electrons. The normalized spacial score (nSPS) is 15.2. The lowest BCUT2D eigenvalue weighted by molar-refractivity contribution is 0.155. The second-order valence-corrected chi connectivity index (χ2v) is 4.28. The monoisotopic (exact) mass is 289 g/mol. The van der Waals surface area contributed by atoms with Crippen molar-refractivity contribution < 1.29 is 19.7 Å². The van der Waals surface area contributed by atoms with Crippen LogP contribution >= 0.6 is 15.9 Å². The van der Waals surface area contributed by atoms with Crippen LogP contribution in [0.2, 0.25) is 0 Å². The van der Waals surface area contributed by atoms with Gasteiger partial charge < -0.3 is 25.0 Å². The Balaban J connectivity index is 2.49. The largest absolute Gasteiger partial charge is 0.506 e. The number of benzene rings is 1. The smallest absolute Gasteiger partial charge is 0.231 e. The van der Waals surface area contributed by atoms with Crippen molar-refractivity contribution in [1.29, 1.82) is 0 Å². The lowest BCUT2D eigenvalue weighted by Crippen LogP contribution is -2.17. The molecular formula is C10H12BrNO4. The first-order valence-electron chi connectivity index (χ1n) is 4.78. The van der Waals surface area contributed by atoms with Crippen LogP contribution in [0.1, 0.15) is 11.7 Å². The molecule has 3 N–H and O–H groups in total. The first kappa shape index (κ1) is 11.5. The average Bonchev–Trinajstić information content (AvgIpc) is 2.67. The van der Waals surface area contributed by atoms with Crippen molar-refractivity contribution in [3.05, 3.63) is 16.1 Å². The number of hydrogen-bond acceptors (Lipinski definition) is 5. The molecule has 6 heteroatoms. The number of phenols is 1. The molecule has 88 valence electrons. The fraction of sp³-hybridized carbons (Fsp3) is 0.400. The molecule has 16 heavy (non-hydrogen) atoms. The van der Waals surface area contributed by atoms with E-state index in [4.69, 9.17) is 9.47 Å². The molecule has 2 rings (SSSR count). The Morgan fingerprint density at radius 3 is 3.00 bits per heavy atom. The van der Waals surface area contributed by atoms with Gasteiger partial charge in [0, 0.05) is 12.6 Å². The first-order valence-corrected chi connectivity index (χ1v) is 5.58. The van der Waals surface area contributed by atoms with Crippen molar-refractivity contribution in [2.45, 2.75) is 6.10 Å². The summed E-state index contributed by atoms with van der Waals surface area (Å²) in [5, 5.41) is 22.6. The molecular weight excluding hydrogens is 278 g/mol. The number of aromatic hydroxyl groups is 1. The Hall–Kier alpha value is -0.980. The zero-order valence-electron chi connectivity index (χ0n) is 8.66. The molecule has 1 aliphatic heterocycles.